The number of Topliss-reactive ketones (excluding diaryl/α,β-unsaturated/α-hetero) is 1. The van der Waals surface area contributed by atoms with Gasteiger partial charge in [-0.2, -0.15) is 5.10 Å². The second kappa shape index (κ2) is 8.21. The summed E-state index contributed by atoms with van der Waals surface area (Å²) >= 11 is 0. The molecule has 5 atom stereocenters. The van der Waals surface area contributed by atoms with Crippen molar-refractivity contribution in [2.24, 2.45) is 17.8 Å². The van der Waals surface area contributed by atoms with Crippen molar-refractivity contribution in [3.05, 3.63) is 29.2 Å². The van der Waals surface area contributed by atoms with E-state index >= 15 is 0 Å². The van der Waals surface area contributed by atoms with Crippen LogP contribution in [0.4, 0.5) is 0 Å². The summed E-state index contributed by atoms with van der Waals surface area (Å²) in [4.78, 5) is 45.8. The number of amides is 2. The minimum atomic E-state index is -0.531. The van der Waals surface area contributed by atoms with Gasteiger partial charge in [0, 0.05) is 56.7 Å². The van der Waals surface area contributed by atoms with Gasteiger partial charge in [-0.25, -0.2) is 0 Å². The van der Waals surface area contributed by atoms with E-state index in [4.69, 9.17) is 5.10 Å². The van der Waals surface area contributed by atoms with Crippen LogP contribution in [0.3, 0.4) is 0 Å². The summed E-state index contributed by atoms with van der Waals surface area (Å²) in [6, 6.07) is 0.194. The van der Waals surface area contributed by atoms with Crippen LogP contribution in [0.1, 0.15) is 62.0 Å². The highest BCUT2D eigenvalue weighted by Crippen LogP contribution is 2.60. The van der Waals surface area contributed by atoms with Gasteiger partial charge in [0.25, 0.3) is 5.91 Å². The average molecular weight is 504 g/mol. The summed E-state index contributed by atoms with van der Waals surface area (Å²) < 4.78 is 2.15. The van der Waals surface area contributed by atoms with Crippen molar-refractivity contribution >= 4 is 34.6 Å². The van der Waals surface area contributed by atoms with Crippen molar-refractivity contribution < 1.29 is 19.5 Å². The highest BCUT2D eigenvalue weighted by atomic mass is 16.3. The van der Waals surface area contributed by atoms with Crippen LogP contribution in [0.15, 0.2) is 12.3 Å². The minimum Gasteiger partial charge on any atom is -0.390 e. The van der Waals surface area contributed by atoms with Crippen molar-refractivity contribution in [3.63, 3.8) is 0 Å². The molecule has 194 valence electrons. The van der Waals surface area contributed by atoms with Gasteiger partial charge in [-0.15, -0.1) is 0 Å². The van der Waals surface area contributed by atoms with Gasteiger partial charge >= 0.3 is 0 Å². The molecule has 5 fully saturated rings. The van der Waals surface area contributed by atoms with Crippen molar-refractivity contribution in [2.45, 2.75) is 63.5 Å². The van der Waals surface area contributed by atoms with Crippen LogP contribution in [0.5, 0.6) is 0 Å². The van der Waals surface area contributed by atoms with E-state index < -0.39 is 17.3 Å². The summed E-state index contributed by atoms with van der Waals surface area (Å²) in [5, 5.41) is 17.0. The third kappa shape index (κ3) is 3.65. The third-order valence-corrected chi connectivity index (χ3v) is 9.59. The highest BCUT2D eigenvalue weighted by molar-refractivity contribution is 6.36. The topological polar surface area (TPSA) is 109 Å². The van der Waals surface area contributed by atoms with E-state index in [1.165, 1.54) is 6.92 Å². The SMILES string of the molecule is CC(=O)N1CCN(C(=O)C(=O)Cc2nn(C3[C@@H]4CC5C[C@H]3CC(O)(C5)C4)c3c4c(ncc23)CC=C4)CC1. The molecule has 5 aliphatic carbocycles. The fraction of sp³-hybridized carbons (Fsp3) is 0.607. The number of hydrogen-bond donors (Lipinski definition) is 1. The molecule has 0 aromatic carbocycles. The smallest absolute Gasteiger partial charge is 0.290 e. The zero-order valence-corrected chi connectivity index (χ0v) is 21.2. The Kier molecular flexibility index (Phi) is 5.12. The van der Waals surface area contributed by atoms with Gasteiger partial charge in [0.15, 0.2) is 0 Å². The Balaban J connectivity index is 1.21. The molecule has 8 rings (SSSR count). The molecule has 0 spiro atoms. The van der Waals surface area contributed by atoms with Gasteiger partial charge in [-0.3, -0.25) is 24.0 Å². The third-order valence-electron chi connectivity index (χ3n) is 9.59. The van der Waals surface area contributed by atoms with E-state index in [9.17, 15) is 19.5 Å². The Morgan fingerprint density at radius 3 is 2.43 bits per heavy atom. The average Bonchev–Trinajstić information content (AvgIpc) is 3.47. The standard InChI is InChI=1S/C28H33N5O4/c1-16(34)31-5-7-32(8-6-31)27(36)24(35)11-23-21-15-29-22-4-2-3-20(22)26(21)33(30-23)25-18-9-17-10-19(25)14-28(37,12-17)13-18/h2-3,15,17-19,25,37H,4-14H2,1H3/t17?,18-,19+,25?,28?. The lowest BCUT2D eigenvalue weighted by atomic mass is 9.52. The highest BCUT2D eigenvalue weighted by Gasteiger charge is 2.56. The van der Waals surface area contributed by atoms with Crippen LogP contribution in [-0.2, 0) is 27.2 Å². The number of pyridine rings is 1. The fourth-order valence-electron chi connectivity index (χ4n) is 8.20. The molecule has 9 heteroatoms. The van der Waals surface area contributed by atoms with E-state index in [-0.39, 0.29) is 18.4 Å². The van der Waals surface area contributed by atoms with Crippen LogP contribution >= 0.6 is 0 Å². The molecule has 0 radical (unpaired) electrons. The first kappa shape index (κ1) is 23.1. The van der Waals surface area contributed by atoms with Gasteiger partial charge in [0.05, 0.1) is 35.0 Å². The van der Waals surface area contributed by atoms with Crippen LogP contribution in [0.25, 0.3) is 17.0 Å². The van der Waals surface area contributed by atoms with E-state index in [1.54, 1.807) is 9.80 Å². The lowest BCUT2D eigenvalue weighted by Gasteiger charge is -2.58. The molecular weight excluding hydrogens is 470 g/mol. The number of hydrogen-bond acceptors (Lipinski definition) is 6. The zero-order chi connectivity index (χ0) is 25.5. The summed E-state index contributed by atoms with van der Waals surface area (Å²) in [7, 11) is 0. The van der Waals surface area contributed by atoms with Crippen LogP contribution in [0, 0.1) is 17.8 Å². The van der Waals surface area contributed by atoms with Crippen molar-refractivity contribution in [3.8, 4) is 0 Å². The lowest BCUT2D eigenvalue weighted by molar-refractivity contribution is -0.148. The first-order valence-electron chi connectivity index (χ1n) is 13.6. The second-order valence-corrected chi connectivity index (χ2v) is 12.0. The normalized spacial score (nSPS) is 31.8. The maximum atomic E-state index is 13.2. The van der Waals surface area contributed by atoms with E-state index in [0.717, 1.165) is 60.7 Å². The largest absolute Gasteiger partial charge is 0.390 e. The summed E-state index contributed by atoms with van der Waals surface area (Å²) in [5.74, 6) is 0.346. The number of fused-ring (bicyclic) bond motifs is 3. The van der Waals surface area contributed by atoms with E-state index in [2.05, 4.69) is 21.8 Å². The van der Waals surface area contributed by atoms with Crippen molar-refractivity contribution in [1.82, 2.24) is 24.6 Å². The predicted molar refractivity (Wildman–Crippen MR) is 135 cm³/mol. The van der Waals surface area contributed by atoms with Crippen LogP contribution in [0.2, 0.25) is 0 Å². The van der Waals surface area contributed by atoms with Crippen molar-refractivity contribution in [2.75, 3.05) is 26.2 Å². The zero-order valence-electron chi connectivity index (χ0n) is 21.2. The van der Waals surface area contributed by atoms with Gasteiger partial charge < -0.3 is 14.9 Å². The molecule has 2 aromatic rings. The summed E-state index contributed by atoms with van der Waals surface area (Å²) in [6.07, 6.45) is 11.6. The molecule has 4 saturated carbocycles. The number of carbonyl (C=O) groups excluding carboxylic acids is 3. The molecule has 9 nitrogen and oxygen atoms in total. The summed E-state index contributed by atoms with van der Waals surface area (Å²) in [5.41, 5.74) is 3.19. The molecule has 3 heterocycles. The van der Waals surface area contributed by atoms with E-state index in [1.807, 2.05) is 6.20 Å². The van der Waals surface area contributed by atoms with Gasteiger partial charge in [0.2, 0.25) is 11.7 Å². The first-order chi connectivity index (χ1) is 17.8. The monoisotopic (exact) mass is 503 g/mol. The Hall–Kier alpha value is -3.07. The maximum absolute atomic E-state index is 13.2. The molecule has 4 bridgehead atoms. The van der Waals surface area contributed by atoms with Gasteiger partial charge in [-0.1, -0.05) is 12.2 Å². The van der Waals surface area contributed by atoms with Crippen molar-refractivity contribution in [1.29, 1.82) is 0 Å². The summed E-state index contributed by atoms with van der Waals surface area (Å²) in [6.45, 7) is 3.16. The molecule has 6 aliphatic rings. The molecule has 1 aliphatic heterocycles. The number of aliphatic hydroxyl groups is 1. The fourth-order valence-corrected chi connectivity index (χ4v) is 8.20. The molecule has 1 saturated heterocycles. The Morgan fingerprint density at radius 1 is 1.05 bits per heavy atom. The Morgan fingerprint density at radius 2 is 1.76 bits per heavy atom. The van der Waals surface area contributed by atoms with Gasteiger partial charge in [0.1, 0.15) is 0 Å². The molecule has 2 amide bonds. The van der Waals surface area contributed by atoms with E-state index in [0.29, 0.717) is 49.6 Å². The number of ketones is 1. The quantitative estimate of drug-likeness (QED) is 0.639. The number of allylic oxidation sites excluding steroid dienone is 1. The number of piperazine rings is 1. The van der Waals surface area contributed by atoms with Gasteiger partial charge in [-0.05, 0) is 49.9 Å². The number of nitrogens with zero attached hydrogens (tertiary/aromatic N) is 5. The second-order valence-electron chi connectivity index (χ2n) is 12.0. The molecule has 2 aromatic heterocycles. The Labute approximate surface area is 215 Å². The number of rotatable bonds is 4. The van der Waals surface area contributed by atoms with Crippen LogP contribution < -0.4 is 0 Å². The predicted octanol–water partition coefficient (Wildman–Crippen LogP) is 1.91. The molecule has 3 unspecified atom stereocenters. The minimum absolute atomic E-state index is 0.0126. The first-order valence-corrected chi connectivity index (χ1v) is 13.6. The molecule has 1 N–H and O–H groups in total. The van der Waals surface area contributed by atoms with Crippen LogP contribution in [-0.4, -0.2) is 79.0 Å². The molecular formula is C28H33N5O4. The Bertz CT molecular complexity index is 1340. The number of aromatic nitrogens is 3. The lowest BCUT2D eigenvalue weighted by Crippen LogP contribution is -2.55. The number of carbonyl (C=O) groups is 3. The molecule has 37 heavy (non-hydrogen) atoms. The maximum Gasteiger partial charge on any atom is 0.290 e.